The molecule has 0 rings (SSSR count). The number of carbonyl (C=O) groups is 4. The number of phosphoric acid groups is 2. The molecule has 5 atom stereocenters. The van der Waals surface area contributed by atoms with Gasteiger partial charge in [0, 0.05) is 25.7 Å². The summed E-state index contributed by atoms with van der Waals surface area (Å²) in [5.41, 5.74) is 0. The molecule has 0 amide bonds. The summed E-state index contributed by atoms with van der Waals surface area (Å²) in [6, 6.07) is 0. The molecular formula is C83H162O17P2. The van der Waals surface area contributed by atoms with Crippen LogP contribution in [0.2, 0.25) is 0 Å². The van der Waals surface area contributed by atoms with Crippen molar-refractivity contribution in [3.8, 4) is 0 Å². The van der Waals surface area contributed by atoms with E-state index in [0.717, 1.165) is 108 Å². The first-order valence-corrected chi connectivity index (χ1v) is 45.8. The van der Waals surface area contributed by atoms with Gasteiger partial charge >= 0.3 is 39.5 Å². The maximum absolute atomic E-state index is 13.1. The van der Waals surface area contributed by atoms with Crippen LogP contribution < -0.4 is 0 Å². The van der Waals surface area contributed by atoms with Crippen LogP contribution in [0.4, 0.5) is 0 Å². The molecule has 0 aliphatic heterocycles. The zero-order valence-electron chi connectivity index (χ0n) is 67.1. The Hall–Kier alpha value is -1.94. The summed E-state index contributed by atoms with van der Waals surface area (Å²) in [5.74, 6) is 0.146. The second-order valence-electron chi connectivity index (χ2n) is 31.3. The normalized spacial score (nSPS) is 13.9. The van der Waals surface area contributed by atoms with Crippen LogP contribution >= 0.6 is 15.6 Å². The number of aliphatic hydroxyl groups excluding tert-OH is 1. The Labute approximate surface area is 626 Å². The molecule has 606 valence electrons. The topological polar surface area (TPSA) is 237 Å². The van der Waals surface area contributed by atoms with Crippen LogP contribution in [-0.2, 0) is 65.4 Å². The molecular weight excluding hydrogens is 1330 g/mol. The summed E-state index contributed by atoms with van der Waals surface area (Å²) < 4.78 is 68.7. The monoisotopic (exact) mass is 1490 g/mol. The second kappa shape index (κ2) is 73.2. The van der Waals surface area contributed by atoms with Crippen molar-refractivity contribution in [2.75, 3.05) is 39.6 Å². The van der Waals surface area contributed by atoms with Crippen molar-refractivity contribution in [3.63, 3.8) is 0 Å². The van der Waals surface area contributed by atoms with Crippen molar-refractivity contribution in [3.05, 3.63) is 0 Å². The van der Waals surface area contributed by atoms with Crippen molar-refractivity contribution >= 4 is 39.5 Å². The van der Waals surface area contributed by atoms with Gasteiger partial charge in [-0.05, 0) is 43.4 Å². The summed E-state index contributed by atoms with van der Waals surface area (Å²) in [4.78, 5) is 73.0. The van der Waals surface area contributed by atoms with Gasteiger partial charge in [0.15, 0.2) is 12.2 Å². The van der Waals surface area contributed by atoms with Gasteiger partial charge in [-0.15, -0.1) is 0 Å². The first-order valence-electron chi connectivity index (χ1n) is 42.8. The van der Waals surface area contributed by atoms with E-state index in [1.54, 1.807) is 0 Å². The molecule has 102 heavy (non-hydrogen) atoms. The number of phosphoric ester groups is 2. The molecule has 0 saturated heterocycles. The minimum Gasteiger partial charge on any atom is -0.462 e. The molecule has 0 aliphatic rings. The number of unbranched alkanes of at least 4 members (excludes halogenated alkanes) is 49. The number of ether oxygens (including phenoxy) is 4. The van der Waals surface area contributed by atoms with Crippen molar-refractivity contribution in [2.45, 2.75) is 452 Å². The third-order valence-corrected chi connectivity index (χ3v) is 21.3. The van der Waals surface area contributed by atoms with Crippen molar-refractivity contribution in [1.29, 1.82) is 0 Å². The first kappa shape index (κ1) is 100. The van der Waals surface area contributed by atoms with Gasteiger partial charge in [0.1, 0.15) is 19.3 Å². The molecule has 0 aromatic rings. The number of hydrogen-bond donors (Lipinski definition) is 3. The van der Waals surface area contributed by atoms with Gasteiger partial charge in [-0.2, -0.15) is 0 Å². The lowest BCUT2D eigenvalue weighted by atomic mass is 10.0. The van der Waals surface area contributed by atoms with Crippen LogP contribution in [-0.4, -0.2) is 96.7 Å². The van der Waals surface area contributed by atoms with Gasteiger partial charge in [-0.1, -0.05) is 382 Å². The molecule has 0 aromatic carbocycles. The van der Waals surface area contributed by atoms with Gasteiger partial charge in [-0.25, -0.2) is 9.13 Å². The van der Waals surface area contributed by atoms with E-state index in [-0.39, 0.29) is 25.7 Å². The van der Waals surface area contributed by atoms with E-state index in [9.17, 15) is 43.2 Å². The minimum atomic E-state index is -4.96. The lowest BCUT2D eigenvalue weighted by molar-refractivity contribution is -0.161. The second-order valence-corrected chi connectivity index (χ2v) is 34.2. The number of rotatable bonds is 81. The van der Waals surface area contributed by atoms with Crippen LogP contribution in [0.1, 0.15) is 434 Å². The lowest BCUT2D eigenvalue weighted by Crippen LogP contribution is -2.30. The molecule has 0 fully saturated rings. The highest BCUT2D eigenvalue weighted by Gasteiger charge is 2.30. The van der Waals surface area contributed by atoms with Crippen LogP contribution in [0.3, 0.4) is 0 Å². The van der Waals surface area contributed by atoms with Crippen molar-refractivity contribution in [1.82, 2.24) is 0 Å². The van der Waals surface area contributed by atoms with E-state index in [0.29, 0.717) is 31.6 Å². The Kier molecular flexibility index (Phi) is 71.8. The van der Waals surface area contributed by atoms with Gasteiger partial charge in [-0.3, -0.25) is 37.3 Å². The summed E-state index contributed by atoms with van der Waals surface area (Å²) in [7, 11) is -9.92. The molecule has 19 heteroatoms. The van der Waals surface area contributed by atoms with Gasteiger partial charge in [0.05, 0.1) is 26.4 Å². The number of carbonyl (C=O) groups excluding carboxylic acids is 4. The molecule has 0 heterocycles. The smallest absolute Gasteiger partial charge is 0.462 e. The minimum absolute atomic E-state index is 0.105. The van der Waals surface area contributed by atoms with Crippen molar-refractivity contribution in [2.24, 2.45) is 17.8 Å². The molecule has 0 radical (unpaired) electrons. The first-order chi connectivity index (χ1) is 49.2. The zero-order chi connectivity index (χ0) is 75.1. The van der Waals surface area contributed by atoms with E-state index in [1.807, 2.05) is 0 Å². The maximum Gasteiger partial charge on any atom is 0.472 e. The predicted molar refractivity (Wildman–Crippen MR) is 418 cm³/mol. The molecule has 0 saturated carbocycles. The van der Waals surface area contributed by atoms with E-state index in [2.05, 4.69) is 48.5 Å². The largest absolute Gasteiger partial charge is 0.472 e. The average molecular weight is 1490 g/mol. The number of hydrogen-bond acceptors (Lipinski definition) is 15. The molecule has 2 unspecified atom stereocenters. The Morgan fingerprint density at radius 1 is 0.265 bits per heavy atom. The average Bonchev–Trinajstić information content (AvgIpc) is 0.910. The zero-order valence-corrected chi connectivity index (χ0v) is 68.9. The third kappa shape index (κ3) is 76.3. The third-order valence-electron chi connectivity index (χ3n) is 19.4. The number of esters is 4. The fourth-order valence-electron chi connectivity index (χ4n) is 12.8. The highest BCUT2D eigenvalue weighted by Crippen LogP contribution is 2.45. The van der Waals surface area contributed by atoms with Crippen LogP contribution in [0.25, 0.3) is 0 Å². The SMILES string of the molecule is CCCCCCCCCCCCCCCCCCCCCCC(=O)O[C@H](COC(=O)CCCCCCCCCCCCCCCCCCC(C)C)COP(=O)(O)OC[C@@H](O)COP(=O)(O)OC[C@@H](COC(=O)CCCCCCCCC(C)C)OC(=O)CCCCCCCCCCCCCC(C)C. The Balaban J connectivity index is 5.21. The van der Waals surface area contributed by atoms with E-state index in [1.165, 1.54) is 238 Å². The Bertz CT molecular complexity index is 1970. The van der Waals surface area contributed by atoms with Crippen LogP contribution in [0, 0.1) is 17.8 Å². The summed E-state index contributed by atoms with van der Waals surface area (Å²) in [6.45, 7) is 11.9. The summed E-state index contributed by atoms with van der Waals surface area (Å²) in [5, 5.41) is 10.6. The maximum atomic E-state index is 13.1. The summed E-state index contributed by atoms with van der Waals surface area (Å²) in [6.07, 6.45) is 62.7. The highest BCUT2D eigenvalue weighted by atomic mass is 31.2. The molecule has 0 spiro atoms. The van der Waals surface area contributed by atoms with E-state index >= 15 is 0 Å². The van der Waals surface area contributed by atoms with E-state index < -0.39 is 97.5 Å². The molecule has 0 aromatic heterocycles. The van der Waals surface area contributed by atoms with Gasteiger partial charge < -0.3 is 33.8 Å². The quantitative estimate of drug-likeness (QED) is 0.0222. The highest BCUT2D eigenvalue weighted by molar-refractivity contribution is 7.47. The molecule has 3 N–H and O–H groups in total. The van der Waals surface area contributed by atoms with Gasteiger partial charge in [0.25, 0.3) is 0 Å². The Morgan fingerprint density at radius 2 is 0.451 bits per heavy atom. The predicted octanol–water partition coefficient (Wildman–Crippen LogP) is 24.9. The Morgan fingerprint density at radius 3 is 0.667 bits per heavy atom. The lowest BCUT2D eigenvalue weighted by Gasteiger charge is -2.21. The van der Waals surface area contributed by atoms with E-state index in [4.69, 9.17) is 37.0 Å². The van der Waals surface area contributed by atoms with Crippen LogP contribution in [0.15, 0.2) is 0 Å². The molecule has 0 aliphatic carbocycles. The number of aliphatic hydroxyl groups is 1. The van der Waals surface area contributed by atoms with Gasteiger partial charge in [0.2, 0.25) is 0 Å². The molecule has 0 bridgehead atoms. The summed E-state index contributed by atoms with van der Waals surface area (Å²) >= 11 is 0. The van der Waals surface area contributed by atoms with Crippen molar-refractivity contribution < 1.29 is 80.2 Å². The van der Waals surface area contributed by atoms with Crippen LogP contribution in [0.5, 0.6) is 0 Å². The standard InChI is InChI=1S/C83H162O17P2/c1-8-9-10-11-12-13-14-15-16-17-18-19-20-25-28-33-38-43-52-59-66-82(87)99-78(70-93-80(85)64-57-50-42-37-32-27-24-22-21-23-26-30-35-40-47-54-61-74(2)3)72-97-101(89,90)95-68-77(84)69-96-102(91,92)98-73-79(71-94-81(86)65-58-51-46-45-49-56-63-76(6)7)100-83(88)67-60-53-44-39-34-29-31-36-41-48-55-62-75(4)5/h74-79,84H,8-73H2,1-7H3,(H,89,90)(H,91,92)/t77-,78-,79-/m1/s1. The molecule has 17 nitrogen and oxygen atoms in total. The fourth-order valence-corrected chi connectivity index (χ4v) is 14.4. The fraction of sp³-hybridized carbons (Fsp3) is 0.952.